The predicted octanol–water partition coefficient (Wildman–Crippen LogP) is 13.1. The first-order valence-corrected chi connectivity index (χ1v) is 22.9. The summed E-state index contributed by atoms with van der Waals surface area (Å²) in [7, 11) is 6.12. The lowest BCUT2D eigenvalue weighted by atomic mass is 9.79. The molecule has 0 spiro atoms. The van der Waals surface area contributed by atoms with Gasteiger partial charge < -0.3 is 0 Å². The fraction of sp³-hybridized carbons (Fsp3) is 0.441. The highest BCUT2D eigenvalue weighted by Crippen LogP contribution is 2.65. The molecule has 6 bridgehead atoms. The summed E-state index contributed by atoms with van der Waals surface area (Å²) in [5, 5.41) is 0. The second kappa shape index (κ2) is 15.4. The van der Waals surface area contributed by atoms with Gasteiger partial charge in [-0.15, -0.1) is 0 Å². The average Bonchev–Trinajstić information content (AvgIpc) is 4.10. The van der Waals surface area contributed by atoms with Crippen molar-refractivity contribution in [2.75, 3.05) is 0 Å². The van der Waals surface area contributed by atoms with E-state index in [1.165, 1.54) is 41.6 Å². The SMILES string of the molecule is Cc1ccc(-c2c3c(cc[n+]2C)C2CCC3C2)c(C)c1.[2H]C([2H])([2H])c1ccc(-c2c3c(cc[n+]2C)C2([2H])CCC3([2H])C2(C)C)c(C)c1.[2H]C([2H])([2H])c1ccc(-c2c3c(cc[n+]2C)C2([2H])CCC3([2H])C2)c(C)c1. The number of fused-ring (bicyclic) bond motifs is 15. The van der Waals surface area contributed by atoms with E-state index >= 15 is 0 Å². The second-order valence-corrected chi connectivity index (χ2v) is 19.8. The van der Waals surface area contributed by atoms with Crippen molar-refractivity contribution in [2.24, 2.45) is 26.6 Å². The van der Waals surface area contributed by atoms with Gasteiger partial charge in [-0.1, -0.05) is 66.9 Å². The van der Waals surface area contributed by atoms with Crippen LogP contribution in [0.3, 0.4) is 0 Å². The van der Waals surface area contributed by atoms with Gasteiger partial charge in [0, 0.05) is 65.3 Å². The second-order valence-electron chi connectivity index (χ2n) is 19.8. The Kier molecular flexibility index (Phi) is 7.72. The Hall–Kier alpha value is -4.89. The van der Waals surface area contributed by atoms with E-state index in [0.717, 1.165) is 74.2 Å². The first-order valence-electron chi connectivity index (χ1n) is 27.9. The molecule has 0 N–H and O–H groups in total. The molecule has 3 aromatic carbocycles. The number of rotatable bonds is 3. The van der Waals surface area contributed by atoms with E-state index in [1.54, 1.807) is 35.4 Å². The first-order chi connectivity index (χ1) is 33.5. The number of aryl methyl sites for hydroxylation is 9. The maximum absolute atomic E-state index is 9.36. The van der Waals surface area contributed by atoms with E-state index in [1.807, 2.05) is 87.6 Å². The fourth-order valence-electron chi connectivity index (χ4n) is 12.6. The third-order valence-electron chi connectivity index (χ3n) is 15.6. The van der Waals surface area contributed by atoms with Gasteiger partial charge >= 0.3 is 0 Å². The molecule has 318 valence electrons. The minimum absolute atomic E-state index is 0.332. The van der Waals surface area contributed by atoms with Crippen molar-refractivity contribution in [1.82, 2.24) is 0 Å². The third-order valence-corrected chi connectivity index (χ3v) is 15.6. The van der Waals surface area contributed by atoms with Crippen LogP contribution in [0, 0.1) is 46.8 Å². The molecule has 6 unspecified atom stereocenters. The topological polar surface area (TPSA) is 11.6 Å². The Labute approximate surface area is 387 Å². The van der Waals surface area contributed by atoms with Crippen LogP contribution in [0.25, 0.3) is 33.8 Å². The van der Waals surface area contributed by atoms with Crippen molar-refractivity contribution in [1.29, 1.82) is 0 Å². The maximum atomic E-state index is 9.36. The quantitative estimate of drug-likeness (QED) is 0.158. The highest BCUT2D eigenvalue weighted by molar-refractivity contribution is 5.71. The van der Waals surface area contributed by atoms with Crippen LogP contribution in [0.2, 0.25) is 0 Å². The molecule has 0 radical (unpaired) electrons. The van der Waals surface area contributed by atoms with Gasteiger partial charge in [-0.25, -0.2) is 13.7 Å². The molecule has 3 saturated carbocycles. The summed E-state index contributed by atoms with van der Waals surface area (Å²) in [6.45, 7) is 8.11. The Morgan fingerprint density at radius 2 is 0.968 bits per heavy atom. The molecule has 3 heterocycles. The molecule has 0 aliphatic heterocycles. The smallest absolute Gasteiger partial charge is 0.201 e. The maximum Gasteiger partial charge on any atom is 0.216 e. The van der Waals surface area contributed by atoms with E-state index in [9.17, 15) is 2.74 Å². The fourth-order valence-corrected chi connectivity index (χ4v) is 12.6. The zero-order valence-electron chi connectivity index (χ0n) is 48.3. The van der Waals surface area contributed by atoms with Crippen molar-refractivity contribution in [3.63, 3.8) is 0 Å². The molecule has 6 aromatic rings. The highest BCUT2D eigenvalue weighted by Gasteiger charge is 2.54. The van der Waals surface area contributed by atoms with Gasteiger partial charge in [-0.05, 0) is 185 Å². The van der Waals surface area contributed by atoms with Crippen LogP contribution in [0.15, 0.2) is 91.4 Å². The van der Waals surface area contributed by atoms with Gasteiger partial charge in [0.15, 0.2) is 18.6 Å². The summed E-state index contributed by atoms with van der Waals surface area (Å²) in [4.78, 5) is 0. The standard InChI is InChI=1S/C21H26N.2C19H22N/c1-13-6-7-15(14(2)12-13)20-19-16(10-11-22(20)5)17-8-9-18(19)21(17,3)4;2*1-12-4-7-16(13(2)10-12)19-18-15-6-5-14(11-15)17(18)8-9-20(19)3/h6-7,10-12,17-18H,8-9H2,1-5H3;2*4,7-10,14-15H,5-6,11H2,1-3H3/q3*+1/i1D3,17D,18D;1D3,14D,15D;. The average molecular weight is 831 g/mol. The van der Waals surface area contributed by atoms with Gasteiger partial charge in [0.2, 0.25) is 17.1 Å². The Morgan fingerprint density at radius 1 is 0.484 bits per heavy atom. The lowest BCUT2D eigenvalue weighted by Gasteiger charge is -2.24. The third kappa shape index (κ3) is 6.62. The van der Waals surface area contributed by atoms with Gasteiger partial charge in [0.1, 0.15) is 21.1 Å². The van der Waals surface area contributed by atoms with Gasteiger partial charge in [-0.3, -0.25) is 0 Å². The lowest BCUT2D eigenvalue weighted by Crippen LogP contribution is -2.33. The van der Waals surface area contributed by atoms with Crippen LogP contribution in [0.5, 0.6) is 0 Å². The molecule has 3 nitrogen and oxygen atoms in total. The van der Waals surface area contributed by atoms with Crippen molar-refractivity contribution in [2.45, 2.75) is 142 Å². The Morgan fingerprint density at radius 3 is 1.56 bits per heavy atom. The van der Waals surface area contributed by atoms with Crippen LogP contribution in [0.4, 0.5) is 0 Å². The molecule has 0 amide bonds. The number of benzene rings is 3. The van der Waals surface area contributed by atoms with E-state index in [2.05, 4.69) is 55.9 Å². The van der Waals surface area contributed by atoms with E-state index < -0.39 is 42.7 Å². The minimum atomic E-state index is -2.13. The van der Waals surface area contributed by atoms with Gasteiger partial charge in [-0.2, -0.15) is 0 Å². The Balaban J connectivity index is 0.000000126. The first kappa shape index (κ1) is 31.0. The van der Waals surface area contributed by atoms with Crippen LogP contribution in [-0.2, 0) is 21.1 Å². The lowest BCUT2D eigenvalue weighted by molar-refractivity contribution is -0.661. The summed E-state index contributed by atoms with van der Waals surface area (Å²) < 4.78 is 88.4. The highest BCUT2D eigenvalue weighted by atomic mass is 14.9. The number of hydrogen-bond acceptors (Lipinski definition) is 0. The summed E-state index contributed by atoms with van der Waals surface area (Å²) in [5.74, 6) is -1.28. The molecule has 3 heteroatoms. The molecule has 3 aromatic heterocycles. The van der Waals surface area contributed by atoms with Crippen molar-refractivity contribution in [3.8, 4) is 33.8 Å². The molecule has 6 atom stereocenters. The molecule has 6 aliphatic carbocycles. The van der Waals surface area contributed by atoms with E-state index in [4.69, 9.17) is 11.0 Å². The van der Waals surface area contributed by atoms with Crippen LogP contribution >= 0.6 is 0 Å². The zero-order valence-corrected chi connectivity index (χ0v) is 38.3. The summed E-state index contributed by atoms with van der Waals surface area (Å²) in [5.41, 5.74) is 18.5. The largest absolute Gasteiger partial charge is 0.216 e. The number of aromatic nitrogens is 3. The van der Waals surface area contributed by atoms with Crippen molar-refractivity contribution in [3.05, 3.63) is 158 Å². The molecule has 62 heavy (non-hydrogen) atoms. The van der Waals surface area contributed by atoms with E-state index in [0.29, 0.717) is 36.8 Å². The molecule has 3 fully saturated rings. The Bertz CT molecular complexity index is 3230. The van der Waals surface area contributed by atoms with Crippen molar-refractivity contribution >= 4 is 0 Å². The molecule has 12 rings (SSSR count). The summed E-state index contributed by atoms with van der Waals surface area (Å²) in [6, 6.07) is 23.7. The molecule has 6 aliphatic rings. The van der Waals surface area contributed by atoms with Gasteiger partial charge in [0.05, 0.1) is 0 Å². The molecular weight excluding hydrogens is 751 g/mol. The number of nitrogens with zero attached hydrogens (tertiary/aromatic N) is 3. The summed E-state index contributed by atoms with van der Waals surface area (Å²) in [6.07, 6.45) is 13.8. The number of hydrogen-bond donors (Lipinski definition) is 0. The van der Waals surface area contributed by atoms with Crippen molar-refractivity contribution < 1.29 is 27.4 Å². The minimum Gasteiger partial charge on any atom is -0.201 e. The van der Waals surface area contributed by atoms with Crippen LogP contribution < -0.4 is 13.7 Å². The summed E-state index contributed by atoms with van der Waals surface area (Å²) >= 11 is 0. The molecular formula is C59H70N3+3. The van der Waals surface area contributed by atoms with E-state index in [-0.39, 0.29) is 0 Å². The van der Waals surface area contributed by atoms with Crippen LogP contribution in [0.1, 0.15) is 181 Å². The van der Waals surface area contributed by atoms with Gasteiger partial charge in [0.25, 0.3) is 0 Å². The normalized spacial score (nSPS) is 31.2. The molecule has 0 saturated heterocycles. The van der Waals surface area contributed by atoms with Crippen LogP contribution in [-0.4, -0.2) is 0 Å². The number of pyridine rings is 3. The predicted molar refractivity (Wildman–Crippen MR) is 255 cm³/mol. The monoisotopic (exact) mass is 831 g/mol. The zero-order chi connectivity index (χ0) is 52.0.